The Labute approximate surface area is 223 Å². The van der Waals surface area contributed by atoms with E-state index in [0.29, 0.717) is 41.9 Å². The van der Waals surface area contributed by atoms with Crippen molar-refractivity contribution in [2.24, 2.45) is 0 Å². The number of rotatable bonds is 7. The van der Waals surface area contributed by atoms with Crippen molar-refractivity contribution in [2.75, 3.05) is 31.2 Å². The van der Waals surface area contributed by atoms with Crippen molar-refractivity contribution in [3.05, 3.63) is 83.9 Å². The summed E-state index contributed by atoms with van der Waals surface area (Å²) in [5.41, 5.74) is -0.158. The lowest BCUT2D eigenvalue weighted by molar-refractivity contribution is -0.124. The number of nitrogens with zero attached hydrogens (tertiary/aromatic N) is 3. The van der Waals surface area contributed by atoms with Crippen LogP contribution < -0.4 is 20.3 Å². The van der Waals surface area contributed by atoms with Gasteiger partial charge in [-0.2, -0.15) is 0 Å². The maximum Gasteiger partial charge on any atom is 0.322 e. The molecule has 4 aromatic rings. The predicted octanol–water partition coefficient (Wildman–Crippen LogP) is 3.03. The van der Waals surface area contributed by atoms with Crippen molar-refractivity contribution in [3.63, 3.8) is 0 Å². The van der Waals surface area contributed by atoms with E-state index >= 15 is 0 Å². The molecule has 6 rings (SSSR count). The summed E-state index contributed by atoms with van der Waals surface area (Å²) in [6, 6.07) is 13.9. The normalized spacial score (nSPS) is 19.3. The number of pyridine rings is 1. The van der Waals surface area contributed by atoms with E-state index < -0.39 is 23.3 Å². The first kappa shape index (κ1) is 24.7. The van der Waals surface area contributed by atoms with E-state index in [4.69, 9.17) is 9.47 Å². The number of halogens is 1. The highest BCUT2D eigenvalue weighted by molar-refractivity contribution is 6.07. The number of urea groups is 1. The summed E-state index contributed by atoms with van der Waals surface area (Å²) >= 11 is 0. The molecule has 4 heterocycles. The number of imide groups is 1. The number of nitrogens with one attached hydrogen (secondary N) is 2. The van der Waals surface area contributed by atoms with Crippen molar-refractivity contribution in [1.29, 1.82) is 0 Å². The van der Waals surface area contributed by atoms with Crippen LogP contribution in [0.1, 0.15) is 11.1 Å². The Morgan fingerprint density at radius 3 is 2.62 bits per heavy atom. The molecule has 2 aliphatic rings. The minimum atomic E-state index is -1.52. The summed E-state index contributed by atoms with van der Waals surface area (Å²) in [6.07, 6.45) is 3.45. The van der Waals surface area contributed by atoms with Gasteiger partial charge in [0.1, 0.15) is 24.0 Å². The van der Waals surface area contributed by atoms with Gasteiger partial charge < -0.3 is 29.4 Å². The van der Waals surface area contributed by atoms with Crippen molar-refractivity contribution in [2.45, 2.75) is 18.7 Å². The lowest BCUT2D eigenvalue weighted by atomic mass is 9.89. The first-order valence-electron chi connectivity index (χ1n) is 12.5. The molecule has 0 saturated carbocycles. The van der Waals surface area contributed by atoms with Gasteiger partial charge in [0.05, 0.1) is 19.8 Å². The van der Waals surface area contributed by atoms with E-state index in [1.807, 2.05) is 12.1 Å². The van der Waals surface area contributed by atoms with Gasteiger partial charge in [0, 0.05) is 36.3 Å². The fourth-order valence-electron chi connectivity index (χ4n) is 5.02. The molecule has 2 aromatic heterocycles. The molecule has 1 atom stereocenters. The number of hydrogen-bond acceptors (Lipinski definition) is 7. The molecule has 2 aromatic carbocycles. The van der Waals surface area contributed by atoms with Gasteiger partial charge in [0.2, 0.25) is 0 Å². The standard InChI is InChI=1S/C28H26FN5O5/c29-21-3-1-20(2-4-21)28(26(36)31-27(37)32-28)17-34-15-19-14-22(5-6-23(19)25(34)35)39-16-18-7-8-30-24(13-18)33-9-11-38-12-10-33/h1-8,13-15,35H,9-12,16-17H2,(H2,31,32,36,37). The number of morpholine rings is 1. The molecule has 10 nitrogen and oxygen atoms in total. The van der Waals surface area contributed by atoms with E-state index in [9.17, 15) is 19.1 Å². The van der Waals surface area contributed by atoms with Crippen LogP contribution in [0.4, 0.5) is 15.0 Å². The largest absolute Gasteiger partial charge is 0.494 e. The van der Waals surface area contributed by atoms with Crippen LogP contribution in [0.2, 0.25) is 0 Å². The zero-order valence-electron chi connectivity index (χ0n) is 20.9. The van der Waals surface area contributed by atoms with Gasteiger partial charge in [-0.3, -0.25) is 10.1 Å². The first-order valence-corrected chi connectivity index (χ1v) is 12.5. The summed E-state index contributed by atoms with van der Waals surface area (Å²) in [4.78, 5) is 31.6. The van der Waals surface area contributed by atoms with Gasteiger partial charge in [-0.05, 0) is 53.6 Å². The van der Waals surface area contributed by atoms with Crippen LogP contribution in [-0.4, -0.2) is 52.9 Å². The molecule has 2 aliphatic heterocycles. The van der Waals surface area contributed by atoms with E-state index in [-0.39, 0.29) is 12.4 Å². The molecule has 0 radical (unpaired) electrons. The monoisotopic (exact) mass is 531 g/mol. The van der Waals surface area contributed by atoms with Crippen LogP contribution in [-0.2, 0) is 28.2 Å². The zero-order chi connectivity index (χ0) is 27.0. The number of fused-ring (bicyclic) bond motifs is 1. The van der Waals surface area contributed by atoms with Gasteiger partial charge in [-0.1, -0.05) is 12.1 Å². The smallest absolute Gasteiger partial charge is 0.322 e. The number of amides is 3. The summed E-state index contributed by atoms with van der Waals surface area (Å²) in [7, 11) is 0. The number of carbonyl (C=O) groups is 2. The van der Waals surface area contributed by atoms with E-state index in [1.54, 1.807) is 30.6 Å². The molecular formula is C28H26FN5O5. The Kier molecular flexibility index (Phi) is 6.27. The molecule has 39 heavy (non-hydrogen) atoms. The van der Waals surface area contributed by atoms with Crippen molar-refractivity contribution in [1.82, 2.24) is 20.2 Å². The van der Waals surface area contributed by atoms with Crippen LogP contribution in [0.25, 0.3) is 10.8 Å². The number of anilines is 1. The molecule has 0 bridgehead atoms. The third-order valence-corrected chi connectivity index (χ3v) is 7.07. The quantitative estimate of drug-likeness (QED) is 0.314. The molecule has 2 fully saturated rings. The highest BCUT2D eigenvalue weighted by Crippen LogP contribution is 2.35. The van der Waals surface area contributed by atoms with Gasteiger partial charge in [0.25, 0.3) is 5.91 Å². The SMILES string of the molecule is O=C1NC(=O)C(Cn2cc3cc(OCc4ccnc(N5CCOCC5)c4)ccc3c2O)(c2ccc(F)cc2)N1. The number of ether oxygens (including phenoxy) is 2. The Morgan fingerprint density at radius 1 is 1.08 bits per heavy atom. The molecule has 11 heteroatoms. The van der Waals surface area contributed by atoms with Crippen molar-refractivity contribution < 1.29 is 28.6 Å². The lowest BCUT2D eigenvalue weighted by Gasteiger charge is -2.28. The van der Waals surface area contributed by atoms with Crippen LogP contribution in [0.15, 0.2) is 67.0 Å². The fraction of sp³-hybridized carbons (Fsp3) is 0.250. The highest BCUT2D eigenvalue weighted by Gasteiger charge is 2.48. The number of aromatic nitrogens is 2. The van der Waals surface area contributed by atoms with Gasteiger partial charge in [-0.15, -0.1) is 0 Å². The van der Waals surface area contributed by atoms with Crippen LogP contribution in [0, 0.1) is 5.82 Å². The molecular weight excluding hydrogens is 505 g/mol. The number of benzene rings is 2. The molecule has 0 aliphatic carbocycles. The van der Waals surface area contributed by atoms with Crippen molar-refractivity contribution in [3.8, 4) is 11.6 Å². The maximum absolute atomic E-state index is 13.6. The number of carbonyl (C=O) groups excluding carboxylic acids is 2. The van der Waals surface area contributed by atoms with Gasteiger partial charge in [-0.25, -0.2) is 14.2 Å². The third kappa shape index (κ3) is 4.72. The highest BCUT2D eigenvalue weighted by atomic mass is 19.1. The Hall–Kier alpha value is -4.64. The predicted molar refractivity (Wildman–Crippen MR) is 140 cm³/mol. The summed E-state index contributed by atoms with van der Waals surface area (Å²) in [6.45, 7) is 3.17. The second-order valence-electron chi connectivity index (χ2n) is 9.56. The minimum Gasteiger partial charge on any atom is -0.494 e. The van der Waals surface area contributed by atoms with Crippen LogP contribution in [0.3, 0.4) is 0 Å². The summed E-state index contributed by atoms with van der Waals surface area (Å²) < 4.78 is 26.5. The van der Waals surface area contributed by atoms with Crippen LogP contribution >= 0.6 is 0 Å². The van der Waals surface area contributed by atoms with E-state index in [2.05, 4.69) is 20.5 Å². The van der Waals surface area contributed by atoms with E-state index in [0.717, 1.165) is 24.5 Å². The topological polar surface area (TPSA) is 118 Å². The third-order valence-electron chi connectivity index (χ3n) is 7.07. The first-order chi connectivity index (χ1) is 18.9. The lowest BCUT2D eigenvalue weighted by Crippen LogP contribution is -2.47. The second-order valence-corrected chi connectivity index (χ2v) is 9.56. The summed E-state index contributed by atoms with van der Waals surface area (Å²) in [5, 5.41) is 17.1. The number of aromatic hydroxyl groups is 1. The molecule has 1 unspecified atom stereocenters. The average Bonchev–Trinajstić information content (AvgIpc) is 3.42. The Balaban J connectivity index is 1.23. The van der Waals surface area contributed by atoms with Gasteiger partial charge in [0.15, 0.2) is 11.4 Å². The zero-order valence-corrected chi connectivity index (χ0v) is 20.9. The molecule has 0 spiro atoms. The molecule has 3 N–H and O–H groups in total. The Morgan fingerprint density at radius 2 is 1.87 bits per heavy atom. The maximum atomic E-state index is 13.6. The number of hydrogen-bond donors (Lipinski definition) is 3. The van der Waals surface area contributed by atoms with E-state index in [1.165, 1.54) is 28.8 Å². The molecule has 200 valence electrons. The Bertz CT molecular complexity index is 1550. The minimum absolute atomic E-state index is 0.0729. The molecule has 2 saturated heterocycles. The van der Waals surface area contributed by atoms with Gasteiger partial charge >= 0.3 is 6.03 Å². The molecule has 3 amide bonds. The van der Waals surface area contributed by atoms with Crippen molar-refractivity contribution >= 4 is 28.5 Å². The second kappa shape index (κ2) is 9.91. The summed E-state index contributed by atoms with van der Waals surface area (Å²) in [5.74, 6) is 0.356. The average molecular weight is 532 g/mol. The van der Waals surface area contributed by atoms with Crippen LogP contribution in [0.5, 0.6) is 11.6 Å². The fourth-order valence-corrected chi connectivity index (χ4v) is 5.02.